The lowest BCUT2D eigenvalue weighted by atomic mass is 9.81. The fourth-order valence-electron chi connectivity index (χ4n) is 3.41. The van der Waals surface area contributed by atoms with Gasteiger partial charge in [0.25, 0.3) is 11.8 Å². The van der Waals surface area contributed by atoms with Gasteiger partial charge < -0.3 is 15.1 Å². The maximum Gasteiger partial charge on any atom is 0.279 e. The van der Waals surface area contributed by atoms with E-state index in [4.69, 9.17) is 23.2 Å². The van der Waals surface area contributed by atoms with E-state index in [1.165, 1.54) is 0 Å². The van der Waals surface area contributed by atoms with Crippen LogP contribution in [0.5, 0.6) is 0 Å². The molecule has 0 aliphatic heterocycles. The van der Waals surface area contributed by atoms with Crippen LogP contribution in [0.1, 0.15) is 32.1 Å². The second-order valence-electron chi connectivity index (χ2n) is 7.11. The van der Waals surface area contributed by atoms with E-state index in [0.717, 1.165) is 24.2 Å². The van der Waals surface area contributed by atoms with Gasteiger partial charge in [0.15, 0.2) is 13.1 Å². The zero-order valence-electron chi connectivity index (χ0n) is 15.6. The van der Waals surface area contributed by atoms with Crippen molar-refractivity contribution < 1.29 is 14.5 Å². The van der Waals surface area contributed by atoms with E-state index < -0.39 is 5.54 Å². The Morgan fingerprint density at radius 1 is 1.22 bits per heavy atom. The van der Waals surface area contributed by atoms with Gasteiger partial charge in [0.2, 0.25) is 0 Å². The van der Waals surface area contributed by atoms with Gasteiger partial charge in [-0.05, 0) is 25.0 Å². The molecule has 2 rings (SSSR count). The second-order valence-corrected chi connectivity index (χ2v) is 7.93. The van der Waals surface area contributed by atoms with Crippen LogP contribution >= 0.6 is 23.2 Å². The molecule has 1 fully saturated rings. The lowest BCUT2D eigenvalue weighted by Crippen LogP contribution is -3.11. The summed E-state index contributed by atoms with van der Waals surface area (Å²) in [7, 11) is 3.45. The lowest BCUT2D eigenvalue weighted by molar-refractivity contribution is -0.862. The van der Waals surface area contributed by atoms with E-state index in [1.807, 2.05) is 0 Å². The molecule has 1 aliphatic carbocycles. The van der Waals surface area contributed by atoms with Crippen molar-refractivity contribution in [2.45, 2.75) is 37.6 Å². The highest BCUT2D eigenvalue weighted by molar-refractivity contribution is 6.39. The van der Waals surface area contributed by atoms with Gasteiger partial charge in [-0.2, -0.15) is 5.26 Å². The Labute approximate surface area is 170 Å². The first-order chi connectivity index (χ1) is 12.8. The number of likely N-dealkylation sites (N-methyl/N-ethyl adjacent to an activating group) is 2. The molecule has 1 atom stereocenters. The molecule has 0 aromatic heterocycles. The molecule has 1 unspecified atom stereocenters. The highest BCUT2D eigenvalue weighted by Gasteiger charge is 2.39. The maximum atomic E-state index is 12.6. The third-order valence-electron chi connectivity index (χ3n) is 5.05. The molecule has 0 saturated heterocycles. The van der Waals surface area contributed by atoms with Crippen LogP contribution in [-0.4, -0.2) is 49.4 Å². The fourth-order valence-corrected chi connectivity index (χ4v) is 3.90. The van der Waals surface area contributed by atoms with Gasteiger partial charge in [0, 0.05) is 7.05 Å². The zero-order valence-corrected chi connectivity index (χ0v) is 17.2. The Morgan fingerprint density at radius 2 is 1.81 bits per heavy atom. The van der Waals surface area contributed by atoms with Gasteiger partial charge in [-0.15, -0.1) is 0 Å². The fraction of sp³-hybridized carbons (Fsp3) is 0.526. The quantitative estimate of drug-likeness (QED) is 0.752. The average Bonchev–Trinajstić information content (AvgIpc) is 2.64. The van der Waals surface area contributed by atoms with Gasteiger partial charge in [0.05, 0.1) is 28.8 Å². The number of quaternary nitrogens is 1. The van der Waals surface area contributed by atoms with Crippen molar-refractivity contribution in [3.05, 3.63) is 28.2 Å². The third-order valence-corrected chi connectivity index (χ3v) is 5.68. The molecule has 8 heteroatoms. The standard InChI is InChI=1S/C19H24Cl2N4O2/c1-24(11-16(26)23-18-14(20)7-6-8-15(18)21)12-17(27)25(2)19(13-22)9-4-3-5-10-19/h6-8H,3-5,9-12H2,1-2H3,(H,23,26)/p+1. The van der Waals surface area contributed by atoms with Crippen LogP contribution in [0, 0.1) is 11.3 Å². The van der Waals surface area contributed by atoms with Crippen molar-refractivity contribution in [3.63, 3.8) is 0 Å². The van der Waals surface area contributed by atoms with Gasteiger partial charge in [-0.1, -0.05) is 48.5 Å². The van der Waals surface area contributed by atoms with Crippen molar-refractivity contribution in [2.75, 3.05) is 32.5 Å². The number of amides is 2. The lowest BCUT2D eigenvalue weighted by Gasteiger charge is -2.39. The molecule has 146 valence electrons. The third kappa shape index (κ3) is 5.35. The summed E-state index contributed by atoms with van der Waals surface area (Å²) in [6.45, 7) is 0.213. The maximum absolute atomic E-state index is 12.6. The minimum Gasteiger partial charge on any atom is -0.322 e. The molecule has 0 spiro atoms. The van der Waals surface area contributed by atoms with E-state index >= 15 is 0 Å². The summed E-state index contributed by atoms with van der Waals surface area (Å²) in [5, 5.41) is 13.0. The molecule has 1 aromatic carbocycles. The summed E-state index contributed by atoms with van der Waals surface area (Å²) in [4.78, 5) is 27.2. The predicted octanol–water partition coefficient (Wildman–Crippen LogP) is 2.13. The molecule has 2 N–H and O–H groups in total. The molecular formula is C19H25Cl2N4O2+. The summed E-state index contributed by atoms with van der Waals surface area (Å²) >= 11 is 12.1. The predicted molar refractivity (Wildman–Crippen MR) is 106 cm³/mol. The van der Waals surface area contributed by atoms with Crippen LogP contribution in [0.4, 0.5) is 5.69 Å². The number of halogens is 2. The number of rotatable bonds is 6. The first kappa shape index (κ1) is 21.5. The topological polar surface area (TPSA) is 77.6 Å². The number of hydrogen-bond acceptors (Lipinski definition) is 3. The molecule has 1 aromatic rings. The summed E-state index contributed by atoms with van der Waals surface area (Å²) in [6, 6.07) is 7.33. The number of nitrogens with one attached hydrogen (secondary N) is 2. The van der Waals surface area contributed by atoms with Gasteiger partial charge in [-0.3, -0.25) is 9.59 Å². The van der Waals surface area contributed by atoms with Crippen LogP contribution in [0.3, 0.4) is 0 Å². The number of carbonyl (C=O) groups excluding carboxylic acids is 2. The Hall–Kier alpha value is -1.81. The summed E-state index contributed by atoms with van der Waals surface area (Å²) < 4.78 is 0. The van der Waals surface area contributed by atoms with Crippen molar-refractivity contribution in [1.82, 2.24) is 4.90 Å². The largest absolute Gasteiger partial charge is 0.322 e. The number of carbonyl (C=O) groups is 2. The van der Waals surface area contributed by atoms with E-state index in [1.54, 1.807) is 37.2 Å². The zero-order chi connectivity index (χ0) is 20.0. The number of nitriles is 1. The second kappa shape index (κ2) is 9.41. The van der Waals surface area contributed by atoms with Gasteiger partial charge in [-0.25, -0.2) is 0 Å². The van der Waals surface area contributed by atoms with E-state index in [0.29, 0.717) is 28.6 Å². The first-order valence-electron chi connectivity index (χ1n) is 9.02. The van der Waals surface area contributed by atoms with Crippen LogP contribution in [0.2, 0.25) is 10.0 Å². The smallest absolute Gasteiger partial charge is 0.279 e. The number of nitrogens with zero attached hydrogens (tertiary/aromatic N) is 2. The normalized spacial score (nSPS) is 16.9. The number of para-hydroxylation sites is 1. The number of hydrogen-bond donors (Lipinski definition) is 2. The van der Waals surface area contributed by atoms with Crippen molar-refractivity contribution in [2.24, 2.45) is 0 Å². The van der Waals surface area contributed by atoms with Gasteiger partial charge in [0.1, 0.15) is 5.54 Å². The van der Waals surface area contributed by atoms with E-state index in [2.05, 4.69) is 11.4 Å². The molecule has 0 radical (unpaired) electrons. The molecule has 1 saturated carbocycles. The van der Waals surface area contributed by atoms with Crippen molar-refractivity contribution >= 4 is 40.7 Å². The molecule has 2 amide bonds. The summed E-state index contributed by atoms with van der Waals surface area (Å²) in [5.74, 6) is -0.426. The number of anilines is 1. The van der Waals surface area contributed by atoms with Crippen molar-refractivity contribution in [3.8, 4) is 6.07 Å². The Bertz CT molecular complexity index is 721. The minimum absolute atomic E-state index is 0.0840. The van der Waals surface area contributed by atoms with Crippen LogP contribution < -0.4 is 10.2 Å². The van der Waals surface area contributed by atoms with E-state index in [-0.39, 0.29) is 24.9 Å². The summed E-state index contributed by atoms with van der Waals surface area (Å²) in [5.41, 5.74) is -0.351. The molecule has 0 bridgehead atoms. The van der Waals surface area contributed by atoms with Gasteiger partial charge >= 0.3 is 0 Å². The van der Waals surface area contributed by atoms with Crippen LogP contribution in [0.15, 0.2) is 18.2 Å². The van der Waals surface area contributed by atoms with Crippen molar-refractivity contribution in [1.29, 1.82) is 5.26 Å². The molecule has 1 aliphatic rings. The highest BCUT2D eigenvalue weighted by Crippen LogP contribution is 2.32. The monoisotopic (exact) mass is 411 g/mol. The molecule has 27 heavy (non-hydrogen) atoms. The van der Waals surface area contributed by atoms with Crippen LogP contribution in [-0.2, 0) is 9.59 Å². The molecule has 0 heterocycles. The highest BCUT2D eigenvalue weighted by atomic mass is 35.5. The SMILES string of the molecule is CN(C(=O)C[NH+](C)CC(=O)Nc1c(Cl)cccc1Cl)C1(C#N)CCCCC1. The molecular weight excluding hydrogens is 387 g/mol. The number of benzene rings is 1. The first-order valence-corrected chi connectivity index (χ1v) is 9.78. The minimum atomic E-state index is -0.719. The molecule has 6 nitrogen and oxygen atoms in total. The van der Waals surface area contributed by atoms with E-state index in [9.17, 15) is 14.9 Å². The Morgan fingerprint density at radius 3 is 2.37 bits per heavy atom. The Kier molecular flexibility index (Phi) is 7.49. The van der Waals surface area contributed by atoms with Crippen LogP contribution in [0.25, 0.3) is 0 Å². The summed E-state index contributed by atoms with van der Waals surface area (Å²) in [6.07, 6.45) is 4.41. The average molecular weight is 412 g/mol. The Balaban J connectivity index is 1.92.